The van der Waals surface area contributed by atoms with Gasteiger partial charge in [0.05, 0.1) is 0 Å². The van der Waals surface area contributed by atoms with E-state index < -0.39 is 6.30 Å². The summed E-state index contributed by atoms with van der Waals surface area (Å²) in [5, 5.41) is 0. The highest BCUT2D eigenvalue weighted by molar-refractivity contribution is 6.05. The quantitative estimate of drug-likeness (QED) is 0.750. The summed E-state index contributed by atoms with van der Waals surface area (Å²) in [5.41, 5.74) is 5.46. The van der Waals surface area contributed by atoms with Crippen molar-refractivity contribution in [1.82, 2.24) is 4.90 Å². The minimum Gasteiger partial charge on any atom is -0.378 e. The lowest BCUT2D eigenvalue weighted by Crippen LogP contribution is -2.22. The fourth-order valence-corrected chi connectivity index (χ4v) is 2.64. The van der Waals surface area contributed by atoms with Crippen LogP contribution >= 0.6 is 0 Å². The highest BCUT2D eigenvalue weighted by atomic mass is 19.1. The Balaban J connectivity index is 2.30. The molecule has 0 aromatic heterocycles. The largest absolute Gasteiger partial charge is 0.378 e. The minimum absolute atomic E-state index is 0.675. The third-order valence-corrected chi connectivity index (χ3v) is 4.08. The van der Waals surface area contributed by atoms with E-state index in [-0.39, 0.29) is 0 Å². The lowest BCUT2D eigenvalue weighted by molar-refractivity contribution is 0.373. The summed E-state index contributed by atoms with van der Waals surface area (Å²) >= 11 is 0. The number of rotatable bonds is 4. The van der Waals surface area contributed by atoms with Gasteiger partial charge in [-0.25, -0.2) is 9.38 Å². The van der Waals surface area contributed by atoms with Gasteiger partial charge in [-0.15, -0.1) is 0 Å². The number of halogens is 1. The maximum atomic E-state index is 13.3. The first kappa shape index (κ1) is 18.0. The Hall–Kier alpha value is -2.36. The number of likely N-dealkylation sites (N-methyl/N-ethyl adjacent to an activating group) is 1. The van der Waals surface area contributed by atoms with E-state index >= 15 is 0 Å². The molecule has 24 heavy (non-hydrogen) atoms. The second-order valence-corrected chi connectivity index (χ2v) is 6.17. The van der Waals surface area contributed by atoms with Crippen LogP contribution in [0.2, 0.25) is 0 Å². The molecule has 0 bridgehead atoms. The molecule has 0 aliphatic carbocycles. The van der Waals surface area contributed by atoms with Crippen molar-refractivity contribution in [3.05, 3.63) is 59.3 Å². The van der Waals surface area contributed by atoms with Gasteiger partial charge < -0.3 is 9.80 Å². The molecule has 3 nitrogen and oxygen atoms in total. The predicted octanol–water partition coefficient (Wildman–Crippen LogP) is 4.65. The molecular weight excluding hydrogens is 301 g/mol. The van der Waals surface area contributed by atoms with Crippen molar-refractivity contribution in [2.75, 3.05) is 26.0 Å². The first-order valence-corrected chi connectivity index (χ1v) is 8.13. The van der Waals surface area contributed by atoms with Gasteiger partial charge in [0.1, 0.15) is 5.84 Å². The Morgan fingerprint density at radius 3 is 2.38 bits per heavy atom. The average Bonchev–Trinajstić information content (AvgIpc) is 2.83. The zero-order valence-corrected chi connectivity index (χ0v) is 15.3. The summed E-state index contributed by atoms with van der Waals surface area (Å²) in [5.74, 6) is 0.675. The number of allylic oxidation sites excluding steroid dienone is 3. The number of aliphatic imine (C=N–C) groups is 1. The predicted molar refractivity (Wildman–Crippen MR) is 102 cm³/mol. The van der Waals surface area contributed by atoms with Crippen LogP contribution in [0, 0.1) is 0 Å². The number of anilines is 1. The molecule has 128 valence electrons. The van der Waals surface area contributed by atoms with Crippen molar-refractivity contribution in [3.8, 4) is 0 Å². The summed E-state index contributed by atoms with van der Waals surface area (Å²) < 4.78 is 13.3. The van der Waals surface area contributed by atoms with Gasteiger partial charge in [0, 0.05) is 38.1 Å². The number of hydrogen-bond acceptors (Lipinski definition) is 2. The molecule has 0 amide bonds. The summed E-state index contributed by atoms with van der Waals surface area (Å²) in [6.07, 6.45) is 4.90. The van der Waals surface area contributed by atoms with Gasteiger partial charge >= 0.3 is 0 Å². The molecule has 1 atom stereocenters. The number of hydrogen-bond donors (Lipinski definition) is 0. The van der Waals surface area contributed by atoms with Crippen LogP contribution in [-0.2, 0) is 0 Å². The van der Waals surface area contributed by atoms with Gasteiger partial charge in [-0.1, -0.05) is 18.2 Å². The van der Waals surface area contributed by atoms with E-state index in [1.807, 2.05) is 45.1 Å². The Bertz CT molecular complexity index is 707. The lowest BCUT2D eigenvalue weighted by atomic mass is 10.1. The molecule has 2 rings (SSSR count). The molecule has 0 radical (unpaired) electrons. The van der Waals surface area contributed by atoms with Crippen molar-refractivity contribution >= 4 is 17.1 Å². The van der Waals surface area contributed by atoms with Gasteiger partial charge in [0.25, 0.3) is 0 Å². The van der Waals surface area contributed by atoms with Crippen LogP contribution in [0.1, 0.15) is 26.3 Å². The van der Waals surface area contributed by atoms with Crippen molar-refractivity contribution in [2.24, 2.45) is 4.99 Å². The fourth-order valence-electron chi connectivity index (χ4n) is 2.64. The highest BCUT2D eigenvalue weighted by Crippen LogP contribution is 2.26. The molecule has 0 saturated heterocycles. The first-order chi connectivity index (χ1) is 11.3. The van der Waals surface area contributed by atoms with Crippen molar-refractivity contribution in [2.45, 2.75) is 27.1 Å². The molecule has 1 aromatic rings. The van der Waals surface area contributed by atoms with Crippen molar-refractivity contribution < 1.29 is 4.39 Å². The van der Waals surface area contributed by atoms with Gasteiger partial charge in [-0.2, -0.15) is 0 Å². The maximum Gasteiger partial charge on any atom is 0.189 e. The summed E-state index contributed by atoms with van der Waals surface area (Å²) in [4.78, 5) is 8.10. The van der Waals surface area contributed by atoms with Crippen LogP contribution in [0.5, 0.6) is 0 Å². The Labute approximate surface area is 144 Å². The third kappa shape index (κ3) is 3.94. The SMILES string of the molecule is C/C=C1C=C(/C=C(\C)c2ccc(N(C)C)cc2)N(C)C/1=NC(C)F. The molecule has 1 aromatic carbocycles. The topological polar surface area (TPSA) is 18.8 Å². The molecular formula is C20H26FN3. The summed E-state index contributed by atoms with van der Waals surface area (Å²) in [6, 6.07) is 8.45. The Morgan fingerprint density at radius 2 is 1.88 bits per heavy atom. The molecule has 4 heteroatoms. The number of alkyl halides is 1. The van der Waals surface area contributed by atoms with Gasteiger partial charge in [-0.3, -0.25) is 0 Å². The normalized spacial score (nSPS) is 19.9. The van der Waals surface area contributed by atoms with Crippen LogP contribution in [0.25, 0.3) is 5.57 Å². The molecule has 0 N–H and O–H groups in total. The number of benzene rings is 1. The van der Waals surface area contributed by atoms with Crippen LogP contribution in [0.4, 0.5) is 10.1 Å². The van der Waals surface area contributed by atoms with Gasteiger partial charge in [-0.05, 0) is 56.2 Å². The summed E-state index contributed by atoms with van der Waals surface area (Å²) in [7, 11) is 5.98. The Kier molecular flexibility index (Phi) is 5.60. The van der Waals surface area contributed by atoms with E-state index in [0.29, 0.717) is 5.84 Å². The van der Waals surface area contributed by atoms with Crippen molar-refractivity contribution in [3.63, 3.8) is 0 Å². The second-order valence-electron chi connectivity index (χ2n) is 6.17. The second kappa shape index (κ2) is 7.47. The van der Waals surface area contributed by atoms with Gasteiger partial charge in [0.15, 0.2) is 6.30 Å². The average molecular weight is 327 g/mol. The molecule has 1 unspecified atom stereocenters. The Morgan fingerprint density at radius 1 is 1.25 bits per heavy atom. The number of nitrogens with zero attached hydrogens (tertiary/aromatic N) is 3. The molecule has 1 aliphatic rings. The third-order valence-electron chi connectivity index (χ3n) is 4.08. The standard InChI is InChI=1S/C20H26FN3/c1-7-16-13-19(24(6)20(16)22-15(3)21)12-14(2)17-8-10-18(11-9-17)23(4)5/h7-13,15H,1-6H3/b14-12+,16-7-,22-20?. The fraction of sp³-hybridized carbons (Fsp3) is 0.350. The summed E-state index contributed by atoms with van der Waals surface area (Å²) in [6.45, 7) is 5.47. The smallest absolute Gasteiger partial charge is 0.189 e. The lowest BCUT2D eigenvalue weighted by Gasteiger charge is -2.17. The van der Waals surface area contributed by atoms with Crippen LogP contribution in [0.3, 0.4) is 0 Å². The number of amidine groups is 1. The van der Waals surface area contributed by atoms with Crippen molar-refractivity contribution in [1.29, 1.82) is 0 Å². The highest BCUT2D eigenvalue weighted by Gasteiger charge is 2.21. The maximum absolute atomic E-state index is 13.3. The van der Waals surface area contributed by atoms with Crippen LogP contribution < -0.4 is 4.90 Å². The molecule has 0 spiro atoms. The molecule has 1 aliphatic heterocycles. The molecule has 1 heterocycles. The van der Waals surface area contributed by atoms with E-state index in [1.165, 1.54) is 18.2 Å². The molecule has 0 saturated carbocycles. The minimum atomic E-state index is -1.21. The zero-order chi connectivity index (χ0) is 17.9. The van der Waals surface area contributed by atoms with Gasteiger partial charge in [0.2, 0.25) is 0 Å². The van der Waals surface area contributed by atoms with E-state index in [2.05, 4.69) is 47.2 Å². The van der Waals surface area contributed by atoms with Crippen LogP contribution in [-0.4, -0.2) is 38.2 Å². The van der Waals surface area contributed by atoms with E-state index in [4.69, 9.17) is 0 Å². The van der Waals surface area contributed by atoms with E-state index in [1.54, 1.807) is 0 Å². The van der Waals surface area contributed by atoms with E-state index in [9.17, 15) is 4.39 Å². The van der Waals surface area contributed by atoms with E-state index in [0.717, 1.165) is 16.8 Å². The zero-order valence-electron chi connectivity index (χ0n) is 15.3. The van der Waals surface area contributed by atoms with Crippen LogP contribution in [0.15, 0.2) is 58.8 Å². The monoisotopic (exact) mass is 327 g/mol. The first-order valence-electron chi connectivity index (χ1n) is 8.13. The molecule has 0 fully saturated rings.